The minimum Gasteiger partial charge on any atom is -0.303 e. The molecule has 0 saturated heterocycles. The molecule has 0 N–H and O–H groups in total. The van der Waals surface area contributed by atoms with Crippen LogP contribution in [0, 0.1) is 5.92 Å². The van der Waals surface area contributed by atoms with E-state index in [9.17, 15) is 4.79 Å². The fraction of sp³-hybridized carbons (Fsp3) is 0.438. The lowest BCUT2D eigenvalue weighted by atomic mass is 10.0. The van der Waals surface area contributed by atoms with Crippen molar-refractivity contribution in [2.45, 2.75) is 38.9 Å². The van der Waals surface area contributed by atoms with Gasteiger partial charge in [-0.05, 0) is 18.4 Å². The monoisotopic (exact) mass is 260 g/mol. The van der Waals surface area contributed by atoms with E-state index in [1.165, 1.54) is 5.19 Å². The second-order valence-electron chi connectivity index (χ2n) is 5.52. The molecule has 0 saturated carbocycles. The molecule has 2 atom stereocenters. The molecule has 1 aromatic rings. The summed E-state index contributed by atoms with van der Waals surface area (Å²) in [4.78, 5) is 10.8. The Kier molecular flexibility index (Phi) is 5.54. The van der Waals surface area contributed by atoms with E-state index < -0.39 is 8.07 Å². The highest BCUT2D eigenvalue weighted by Crippen LogP contribution is 2.32. The van der Waals surface area contributed by atoms with Crippen LogP contribution < -0.4 is 5.19 Å². The van der Waals surface area contributed by atoms with Crippen molar-refractivity contribution in [1.29, 1.82) is 0 Å². The van der Waals surface area contributed by atoms with E-state index in [4.69, 9.17) is 0 Å². The molecular weight excluding hydrogens is 236 g/mol. The maximum atomic E-state index is 10.8. The first-order valence-electron chi connectivity index (χ1n) is 6.66. The lowest BCUT2D eigenvalue weighted by Gasteiger charge is -2.34. The molecule has 1 rings (SSSR count). The zero-order valence-corrected chi connectivity index (χ0v) is 12.9. The van der Waals surface area contributed by atoms with Gasteiger partial charge in [0, 0.05) is 6.42 Å². The molecule has 1 nitrogen and oxygen atoms in total. The maximum absolute atomic E-state index is 10.8. The lowest BCUT2D eigenvalue weighted by molar-refractivity contribution is -0.108. The molecule has 0 aliphatic heterocycles. The molecule has 1 aromatic carbocycles. The van der Waals surface area contributed by atoms with Gasteiger partial charge in [0.05, 0.1) is 8.07 Å². The van der Waals surface area contributed by atoms with Gasteiger partial charge in [-0.1, -0.05) is 67.7 Å². The van der Waals surface area contributed by atoms with Crippen molar-refractivity contribution in [2.24, 2.45) is 5.92 Å². The molecule has 0 aliphatic rings. The number of benzene rings is 1. The molecule has 2 heteroatoms. The second kappa shape index (κ2) is 6.69. The van der Waals surface area contributed by atoms with E-state index in [1.54, 1.807) is 0 Å². The number of carbonyl (C=O) groups is 1. The summed E-state index contributed by atoms with van der Waals surface area (Å²) in [5.74, 6) is 0.417. The largest absolute Gasteiger partial charge is 0.303 e. The van der Waals surface area contributed by atoms with Gasteiger partial charge < -0.3 is 4.79 Å². The Labute approximate surface area is 112 Å². The first kappa shape index (κ1) is 14.9. The first-order valence-corrected chi connectivity index (χ1v) is 9.73. The SMILES string of the molecule is C/C=C/[C@@H]([C@H](C)CC=O)[Si](C)(C)c1ccccc1. The van der Waals surface area contributed by atoms with E-state index >= 15 is 0 Å². The number of aldehydes is 1. The number of hydrogen-bond donors (Lipinski definition) is 0. The smallest absolute Gasteiger partial charge is 0.120 e. The van der Waals surface area contributed by atoms with Crippen LogP contribution in [-0.4, -0.2) is 14.4 Å². The number of rotatable bonds is 6. The van der Waals surface area contributed by atoms with E-state index in [-0.39, 0.29) is 0 Å². The zero-order chi connectivity index (χ0) is 13.6. The molecule has 0 aliphatic carbocycles. The van der Waals surface area contributed by atoms with Gasteiger partial charge in [-0.15, -0.1) is 0 Å². The van der Waals surface area contributed by atoms with Crippen molar-refractivity contribution in [3.05, 3.63) is 42.5 Å². The summed E-state index contributed by atoms with van der Waals surface area (Å²) in [6.07, 6.45) is 6.13. The quantitative estimate of drug-likeness (QED) is 0.432. The van der Waals surface area contributed by atoms with Crippen molar-refractivity contribution in [2.75, 3.05) is 0 Å². The van der Waals surface area contributed by atoms with Crippen LogP contribution in [0.4, 0.5) is 0 Å². The van der Waals surface area contributed by atoms with Gasteiger partial charge in [0.2, 0.25) is 0 Å². The van der Waals surface area contributed by atoms with Gasteiger partial charge in [0.15, 0.2) is 0 Å². The Balaban J connectivity index is 3.07. The molecule has 0 aromatic heterocycles. The van der Waals surface area contributed by atoms with E-state index in [1.807, 2.05) is 0 Å². The average Bonchev–Trinajstić information content (AvgIpc) is 2.37. The third kappa shape index (κ3) is 3.42. The molecular formula is C16H24OSi. The van der Waals surface area contributed by atoms with Crippen LogP contribution in [0.3, 0.4) is 0 Å². The average molecular weight is 260 g/mol. The van der Waals surface area contributed by atoms with Gasteiger partial charge in [-0.2, -0.15) is 0 Å². The summed E-state index contributed by atoms with van der Waals surface area (Å²) >= 11 is 0. The maximum Gasteiger partial charge on any atom is 0.120 e. The van der Waals surface area contributed by atoms with Crippen molar-refractivity contribution in [1.82, 2.24) is 0 Å². The summed E-state index contributed by atoms with van der Waals surface area (Å²) in [6, 6.07) is 10.8. The Morgan fingerprint density at radius 1 is 1.22 bits per heavy atom. The third-order valence-electron chi connectivity index (χ3n) is 3.83. The lowest BCUT2D eigenvalue weighted by Crippen LogP contribution is -2.47. The Bertz CT molecular complexity index is 395. The second-order valence-corrected chi connectivity index (χ2v) is 10.2. The first-order chi connectivity index (χ1) is 8.54. The highest BCUT2D eigenvalue weighted by molar-refractivity contribution is 6.91. The Morgan fingerprint density at radius 2 is 1.83 bits per heavy atom. The molecule has 0 heterocycles. The topological polar surface area (TPSA) is 17.1 Å². The minimum atomic E-state index is -1.58. The van der Waals surface area contributed by atoms with Gasteiger partial charge in [0.1, 0.15) is 6.29 Å². The number of carbonyl (C=O) groups excluding carboxylic acids is 1. The highest BCUT2D eigenvalue weighted by Gasteiger charge is 2.34. The van der Waals surface area contributed by atoms with Crippen LogP contribution in [-0.2, 0) is 4.79 Å². The van der Waals surface area contributed by atoms with Gasteiger partial charge in [-0.3, -0.25) is 0 Å². The van der Waals surface area contributed by atoms with E-state index in [2.05, 4.69) is 69.4 Å². The number of allylic oxidation sites excluding steroid dienone is 2. The van der Waals surface area contributed by atoms with Crippen LogP contribution in [0.5, 0.6) is 0 Å². The van der Waals surface area contributed by atoms with Crippen LogP contribution in [0.25, 0.3) is 0 Å². The summed E-state index contributed by atoms with van der Waals surface area (Å²) < 4.78 is 0. The summed E-state index contributed by atoms with van der Waals surface area (Å²) in [7, 11) is -1.58. The fourth-order valence-corrected chi connectivity index (χ4v) is 6.38. The Hall–Kier alpha value is -1.15. The van der Waals surface area contributed by atoms with Crippen LogP contribution in [0.15, 0.2) is 42.5 Å². The fourth-order valence-electron chi connectivity index (χ4n) is 2.71. The third-order valence-corrected chi connectivity index (χ3v) is 8.08. The van der Waals surface area contributed by atoms with Gasteiger partial charge in [-0.25, -0.2) is 0 Å². The molecule has 0 fully saturated rings. The standard InChI is InChI=1S/C16H24OSi/c1-5-9-16(14(2)12-13-17)18(3,4)15-10-7-6-8-11-15/h5-11,13-14,16H,12H2,1-4H3/b9-5+/t14-,16+/m1/s1. The molecule has 0 radical (unpaired) electrons. The summed E-state index contributed by atoms with van der Waals surface area (Å²) in [5, 5.41) is 1.46. The highest BCUT2D eigenvalue weighted by atomic mass is 28.3. The molecule has 0 bridgehead atoms. The Morgan fingerprint density at radius 3 is 2.33 bits per heavy atom. The van der Waals surface area contributed by atoms with Crippen LogP contribution in [0.1, 0.15) is 20.3 Å². The molecule has 18 heavy (non-hydrogen) atoms. The van der Waals surface area contributed by atoms with Gasteiger partial charge in [0.25, 0.3) is 0 Å². The van der Waals surface area contributed by atoms with Crippen LogP contribution >= 0.6 is 0 Å². The normalized spacial score (nSPS) is 15.6. The number of hydrogen-bond acceptors (Lipinski definition) is 1. The van der Waals surface area contributed by atoms with Crippen molar-refractivity contribution >= 4 is 19.5 Å². The molecule has 98 valence electrons. The van der Waals surface area contributed by atoms with Crippen molar-refractivity contribution < 1.29 is 4.79 Å². The van der Waals surface area contributed by atoms with Crippen molar-refractivity contribution in [3.63, 3.8) is 0 Å². The van der Waals surface area contributed by atoms with E-state index in [0.29, 0.717) is 17.9 Å². The zero-order valence-electron chi connectivity index (χ0n) is 11.9. The molecule has 0 spiro atoms. The summed E-state index contributed by atoms with van der Waals surface area (Å²) in [5.41, 5.74) is 0.509. The molecule has 0 amide bonds. The predicted molar refractivity (Wildman–Crippen MR) is 82.0 cm³/mol. The van der Waals surface area contributed by atoms with Crippen LogP contribution in [0.2, 0.25) is 18.6 Å². The van der Waals surface area contributed by atoms with Gasteiger partial charge >= 0.3 is 0 Å². The predicted octanol–water partition coefficient (Wildman–Crippen LogP) is 3.77. The molecule has 0 unspecified atom stereocenters. The van der Waals surface area contributed by atoms with E-state index in [0.717, 1.165) is 6.29 Å². The minimum absolute atomic E-state index is 0.417. The van der Waals surface area contributed by atoms with Crippen molar-refractivity contribution in [3.8, 4) is 0 Å². The summed E-state index contributed by atoms with van der Waals surface area (Å²) in [6.45, 7) is 9.05.